The lowest BCUT2D eigenvalue weighted by molar-refractivity contribution is 0.0395. The van der Waals surface area contributed by atoms with Crippen molar-refractivity contribution in [3.05, 3.63) is 22.2 Å². The highest BCUT2D eigenvalue weighted by Crippen LogP contribution is 2.42. The summed E-state index contributed by atoms with van der Waals surface area (Å²) in [6.07, 6.45) is 3.48. The van der Waals surface area contributed by atoms with E-state index in [1.54, 1.807) is 0 Å². The predicted molar refractivity (Wildman–Crippen MR) is 63.8 cm³/mol. The number of carbonyl (C=O) groups is 1. The van der Waals surface area contributed by atoms with Gasteiger partial charge in [-0.05, 0) is 41.6 Å². The number of halogens is 1. The second-order valence-electron chi connectivity index (χ2n) is 3.94. The summed E-state index contributed by atoms with van der Waals surface area (Å²) in [6, 6.07) is 0. The first kappa shape index (κ1) is 12.4. The van der Waals surface area contributed by atoms with Crippen LogP contribution in [0.3, 0.4) is 0 Å². The molecule has 1 saturated carbocycles. The number of hydrogen-bond donors (Lipinski definition) is 1. The molecule has 0 aromatic carbocycles. The maximum atomic E-state index is 11.0. The fourth-order valence-corrected chi connectivity index (χ4v) is 2.03. The number of rotatable bonds is 5. The Labute approximate surface area is 107 Å². The molecule has 6 heteroatoms. The van der Waals surface area contributed by atoms with E-state index in [0.29, 0.717) is 22.8 Å². The number of carboxylic acid groups (broad SMARTS) is 1. The van der Waals surface area contributed by atoms with E-state index in [2.05, 4.69) is 25.9 Å². The smallest absolute Gasteiger partial charge is 0.355 e. The van der Waals surface area contributed by atoms with Crippen LogP contribution in [0.5, 0.6) is 0 Å². The molecule has 0 bridgehead atoms. The normalized spacial score (nSPS) is 16.8. The highest BCUT2D eigenvalue weighted by molar-refractivity contribution is 9.10. The Morgan fingerprint density at radius 1 is 1.71 bits per heavy atom. The molecule has 0 radical (unpaired) electrons. The number of carboxylic acids is 1. The zero-order valence-electron chi connectivity index (χ0n) is 9.39. The molecular weight excluding hydrogens is 288 g/mol. The fourth-order valence-electron chi connectivity index (χ4n) is 1.67. The molecule has 0 amide bonds. The molecule has 1 aromatic heterocycles. The largest absolute Gasteiger partial charge is 0.476 e. The molecule has 0 saturated heterocycles. The Kier molecular flexibility index (Phi) is 3.73. The van der Waals surface area contributed by atoms with E-state index >= 15 is 0 Å². The molecule has 1 atom stereocenters. The van der Waals surface area contributed by atoms with Gasteiger partial charge in [0.15, 0.2) is 11.5 Å². The molecule has 1 N–H and O–H groups in total. The highest BCUT2D eigenvalue weighted by Gasteiger charge is 2.35. The Bertz CT molecular complexity index is 435. The third-order valence-electron chi connectivity index (χ3n) is 2.62. The van der Waals surface area contributed by atoms with Gasteiger partial charge in [0.2, 0.25) is 0 Å². The van der Waals surface area contributed by atoms with Gasteiger partial charge in [0.05, 0.1) is 4.47 Å². The van der Waals surface area contributed by atoms with Crippen molar-refractivity contribution in [2.45, 2.75) is 25.9 Å². The number of aromatic nitrogens is 2. The van der Waals surface area contributed by atoms with Gasteiger partial charge in [0.25, 0.3) is 0 Å². The van der Waals surface area contributed by atoms with Crippen LogP contribution in [0.2, 0.25) is 0 Å². The summed E-state index contributed by atoms with van der Waals surface area (Å²) in [4.78, 5) is 19.2. The first-order valence-corrected chi connectivity index (χ1v) is 6.30. The minimum atomic E-state index is -1.06. The summed E-state index contributed by atoms with van der Waals surface area (Å²) in [5.74, 6) is -0.167. The number of hydrogen-bond acceptors (Lipinski definition) is 4. The zero-order chi connectivity index (χ0) is 12.4. The maximum Gasteiger partial charge on any atom is 0.355 e. The van der Waals surface area contributed by atoms with E-state index in [4.69, 9.17) is 9.84 Å². The first-order valence-electron chi connectivity index (χ1n) is 5.50. The predicted octanol–water partition coefficient (Wildman–Crippen LogP) is 2.42. The van der Waals surface area contributed by atoms with Crippen molar-refractivity contribution < 1.29 is 14.6 Å². The van der Waals surface area contributed by atoms with Gasteiger partial charge >= 0.3 is 5.97 Å². The van der Waals surface area contributed by atoms with Crippen LogP contribution in [-0.2, 0) is 4.74 Å². The number of aromatic carboxylic acids is 1. The average Bonchev–Trinajstić information content (AvgIpc) is 3.10. The van der Waals surface area contributed by atoms with Crippen LogP contribution in [0.4, 0.5) is 0 Å². The Morgan fingerprint density at radius 2 is 2.41 bits per heavy atom. The monoisotopic (exact) mass is 300 g/mol. The van der Waals surface area contributed by atoms with Crippen LogP contribution >= 0.6 is 15.9 Å². The van der Waals surface area contributed by atoms with Gasteiger partial charge < -0.3 is 9.84 Å². The minimum absolute atomic E-state index is 0.0136. The van der Waals surface area contributed by atoms with Crippen LogP contribution in [-0.4, -0.2) is 27.7 Å². The molecular formula is C11H13BrN2O3. The number of nitrogens with zero attached hydrogens (tertiary/aromatic N) is 2. The topological polar surface area (TPSA) is 72.3 Å². The molecule has 1 aromatic rings. The van der Waals surface area contributed by atoms with Gasteiger partial charge in [-0.1, -0.05) is 0 Å². The van der Waals surface area contributed by atoms with Gasteiger partial charge in [-0.2, -0.15) is 0 Å². The SMILES string of the molecule is CCOC(c1ncc(Br)c(C(=O)O)n1)C1CC1. The summed E-state index contributed by atoms with van der Waals surface area (Å²) < 4.78 is 5.98. The van der Waals surface area contributed by atoms with Crippen LogP contribution < -0.4 is 0 Å². The molecule has 1 aliphatic carbocycles. The van der Waals surface area contributed by atoms with Crippen LogP contribution in [0.15, 0.2) is 10.7 Å². The molecule has 1 unspecified atom stereocenters. The summed E-state index contributed by atoms with van der Waals surface area (Å²) >= 11 is 3.13. The molecule has 1 heterocycles. The Balaban J connectivity index is 2.30. The van der Waals surface area contributed by atoms with Crippen molar-refractivity contribution in [3.63, 3.8) is 0 Å². The average molecular weight is 301 g/mol. The van der Waals surface area contributed by atoms with Gasteiger partial charge in [-0.25, -0.2) is 14.8 Å². The third kappa shape index (κ3) is 2.81. The quantitative estimate of drug-likeness (QED) is 0.904. The first-order chi connectivity index (χ1) is 8.13. The molecule has 1 aliphatic rings. The Hall–Kier alpha value is -1.01. The van der Waals surface area contributed by atoms with E-state index in [0.717, 1.165) is 12.8 Å². The second kappa shape index (κ2) is 5.10. The lowest BCUT2D eigenvalue weighted by Crippen LogP contribution is -2.14. The van der Waals surface area contributed by atoms with Crippen LogP contribution in [0, 0.1) is 5.92 Å². The molecule has 92 valence electrons. The van der Waals surface area contributed by atoms with Gasteiger partial charge in [-0.3, -0.25) is 0 Å². The number of ether oxygens (including phenoxy) is 1. The van der Waals surface area contributed by atoms with E-state index in [1.807, 2.05) is 6.92 Å². The van der Waals surface area contributed by atoms with E-state index in [-0.39, 0.29) is 11.8 Å². The van der Waals surface area contributed by atoms with Crippen molar-refractivity contribution >= 4 is 21.9 Å². The summed E-state index contributed by atoms with van der Waals surface area (Å²) in [7, 11) is 0. The standard InChI is InChI=1S/C11H13BrN2O3/c1-2-17-9(6-3-4-6)10-13-5-7(12)8(14-10)11(15)16/h5-6,9H,2-4H2,1H3,(H,15,16). The zero-order valence-corrected chi connectivity index (χ0v) is 11.0. The summed E-state index contributed by atoms with van der Waals surface area (Å²) in [5.41, 5.74) is -0.0136. The van der Waals surface area contributed by atoms with Gasteiger partial charge in [0, 0.05) is 12.8 Å². The summed E-state index contributed by atoms with van der Waals surface area (Å²) in [5, 5.41) is 8.99. The van der Waals surface area contributed by atoms with Crippen molar-refractivity contribution in [2.24, 2.45) is 5.92 Å². The maximum absolute atomic E-state index is 11.0. The van der Waals surface area contributed by atoms with Gasteiger partial charge in [-0.15, -0.1) is 0 Å². The van der Waals surface area contributed by atoms with Crippen molar-refractivity contribution in [1.82, 2.24) is 9.97 Å². The van der Waals surface area contributed by atoms with Crippen LogP contribution in [0.1, 0.15) is 42.2 Å². The lowest BCUT2D eigenvalue weighted by atomic mass is 10.2. The van der Waals surface area contributed by atoms with E-state index < -0.39 is 5.97 Å². The molecule has 0 aliphatic heterocycles. The molecule has 17 heavy (non-hydrogen) atoms. The third-order valence-corrected chi connectivity index (χ3v) is 3.20. The minimum Gasteiger partial charge on any atom is -0.476 e. The highest BCUT2D eigenvalue weighted by atomic mass is 79.9. The fraction of sp³-hybridized carbons (Fsp3) is 0.545. The van der Waals surface area contributed by atoms with Crippen molar-refractivity contribution in [1.29, 1.82) is 0 Å². The molecule has 5 nitrogen and oxygen atoms in total. The van der Waals surface area contributed by atoms with Crippen molar-refractivity contribution in [3.8, 4) is 0 Å². The van der Waals surface area contributed by atoms with Crippen molar-refractivity contribution in [2.75, 3.05) is 6.61 Å². The molecule has 0 spiro atoms. The van der Waals surface area contributed by atoms with Crippen LogP contribution in [0.25, 0.3) is 0 Å². The van der Waals surface area contributed by atoms with Gasteiger partial charge in [0.1, 0.15) is 6.10 Å². The summed E-state index contributed by atoms with van der Waals surface area (Å²) in [6.45, 7) is 2.48. The Morgan fingerprint density at radius 3 is 2.94 bits per heavy atom. The second-order valence-corrected chi connectivity index (χ2v) is 4.80. The van der Waals surface area contributed by atoms with E-state index in [9.17, 15) is 4.79 Å². The van der Waals surface area contributed by atoms with E-state index in [1.165, 1.54) is 6.20 Å². The molecule has 1 fully saturated rings. The molecule has 2 rings (SSSR count). The lowest BCUT2D eigenvalue weighted by Gasteiger charge is -2.15.